The van der Waals surface area contributed by atoms with Crippen LogP contribution >= 0.6 is 11.3 Å². The molecule has 1 unspecified atom stereocenters. The van der Waals surface area contributed by atoms with E-state index >= 15 is 0 Å². The lowest BCUT2D eigenvalue weighted by molar-refractivity contribution is 0.104. The SMILES string of the molecule is N#CCC(O)(C#N)c1ccsc1. The van der Waals surface area contributed by atoms with Crippen LogP contribution in [-0.4, -0.2) is 5.11 Å². The van der Waals surface area contributed by atoms with Gasteiger partial charge in [-0.2, -0.15) is 21.9 Å². The molecule has 0 saturated heterocycles. The Hall–Kier alpha value is -1.36. The van der Waals surface area contributed by atoms with Crippen molar-refractivity contribution in [2.45, 2.75) is 12.0 Å². The van der Waals surface area contributed by atoms with E-state index in [2.05, 4.69) is 0 Å². The summed E-state index contributed by atoms with van der Waals surface area (Å²) in [7, 11) is 0. The highest BCUT2D eigenvalue weighted by atomic mass is 32.1. The Morgan fingerprint density at radius 3 is 2.75 bits per heavy atom. The third-order valence-corrected chi connectivity index (χ3v) is 2.20. The third kappa shape index (κ3) is 1.45. The second-order valence-electron chi connectivity index (χ2n) is 2.32. The molecule has 4 heteroatoms. The molecule has 0 amide bonds. The molecular formula is C8H6N2OS. The van der Waals surface area contributed by atoms with Gasteiger partial charge in [0.15, 0.2) is 5.60 Å². The van der Waals surface area contributed by atoms with Crippen LogP contribution in [0.4, 0.5) is 0 Å². The zero-order valence-electron chi connectivity index (χ0n) is 6.19. The van der Waals surface area contributed by atoms with Crippen molar-refractivity contribution < 1.29 is 5.11 Å². The number of aliphatic hydroxyl groups is 1. The molecule has 1 N–H and O–H groups in total. The Kier molecular flexibility index (Phi) is 2.44. The van der Waals surface area contributed by atoms with Gasteiger partial charge in [-0.3, -0.25) is 0 Å². The van der Waals surface area contributed by atoms with Crippen molar-refractivity contribution in [3.05, 3.63) is 22.4 Å². The van der Waals surface area contributed by atoms with Gasteiger partial charge in [-0.1, -0.05) is 0 Å². The maximum Gasteiger partial charge on any atom is 0.190 e. The zero-order valence-corrected chi connectivity index (χ0v) is 7.01. The molecule has 0 aliphatic carbocycles. The second-order valence-corrected chi connectivity index (χ2v) is 3.10. The molecule has 0 radical (unpaired) electrons. The standard InChI is InChI=1S/C8H6N2OS/c9-3-2-8(11,6-10)7-1-4-12-5-7/h1,4-5,11H,2H2. The van der Waals surface area contributed by atoms with Crippen LogP contribution in [0.3, 0.4) is 0 Å². The molecule has 60 valence electrons. The first-order valence-corrected chi connectivity index (χ1v) is 4.20. The minimum Gasteiger partial charge on any atom is -0.371 e. The lowest BCUT2D eigenvalue weighted by atomic mass is 9.95. The zero-order chi connectivity index (χ0) is 9.03. The molecule has 1 aromatic rings. The maximum absolute atomic E-state index is 9.60. The van der Waals surface area contributed by atoms with E-state index in [0.29, 0.717) is 5.56 Å². The minimum absolute atomic E-state index is 0.194. The molecule has 1 heterocycles. The van der Waals surface area contributed by atoms with Crippen molar-refractivity contribution in [1.29, 1.82) is 10.5 Å². The number of thiophene rings is 1. The van der Waals surface area contributed by atoms with Crippen molar-refractivity contribution in [3.8, 4) is 12.1 Å². The number of nitrogens with zero attached hydrogens (tertiary/aromatic N) is 2. The van der Waals surface area contributed by atoms with Gasteiger partial charge in [0, 0.05) is 5.56 Å². The Bertz CT molecular complexity index is 333. The number of rotatable bonds is 2. The lowest BCUT2D eigenvalue weighted by Crippen LogP contribution is -2.21. The largest absolute Gasteiger partial charge is 0.371 e. The average Bonchev–Trinajstić information content (AvgIpc) is 2.57. The van der Waals surface area contributed by atoms with Crippen molar-refractivity contribution in [2.24, 2.45) is 0 Å². The topological polar surface area (TPSA) is 67.8 Å². The summed E-state index contributed by atoms with van der Waals surface area (Å²) in [6.45, 7) is 0. The summed E-state index contributed by atoms with van der Waals surface area (Å²) in [6.07, 6.45) is -0.194. The summed E-state index contributed by atoms with van der Waals surface area (Å²) in [5.74, 6) is 0. The predicted molar refractivity (Wildman–Crippen MR) is 44.1 cm³/mol. The second kappa shape index (κ2) is 3.36. The van der Waals surface area contributed by atoms with Crippen LogP contribution in [-0.2, 0) is 5.60 Å². The minimum atomic E-state index is -1.63. The van der Waals surface area contributed by atoms with Gasteiger partial charge < -0.3 is 5.11 Å². The van der Waals surface area contributed by atoms with Crippen molar-refractivity contribution in [1.82, 2.24) is 0 Å². The molecule has 0 spiro atoms. The van der Waals surface area contributed by atoms with Crippen LogP contribution in [0.5, 0.6) is 0 Å². The fraction of sp³-hybridized carbons (Fsp3) is 0.250. The maximum atomic E-state index is 9.60. The van der Waals surface area contributed by atoms with E-state index in [-0.39, 0.29) is 6.42 Å². The van der Waals surface area contributed by atoms with E-state index in [1.165, 1.54) is 11.3 Å². The Labute approximate surface area is 74.1 Å². The number of hydrogen-bond acceptors (Lipinski definition) is 4. The van der Waals surface area contributed by atoms with Crippen LogP contribution in [0, 0.1) is 22.7 Å². The van der Waals surface area contributed by atoms with Crippen LogP contribution < -0.4 is 0 Å². The van der Waals surface area contributed by atoms with E-state index < -0.39 is 5.60 Å². The fourth-order valence-electron chi connectivity index (χ4n) is 0.820. The van der Waals surface area contributed by atoms with Crippen LogP contribution in [0.15, 0.2) is 16.8 Å². The third-order valence-electron chi connectivity index (χ3n) is 1.52. The van der Waals surface area contributed by atoms with Gasteiger partial charge >= 0.3 is 0 Å². The van der Waals surface area contributed by atoms with E-state index in [0.717, 1.165) is 0 Å². The van der Waals surface area contributed by atoms with Crippen LogP contribution in [0.1, 0.15) is 12.0 Å². The van der Waals surface area contributed by atoms with E-state index in [9.17, 15) is 5.11 Å². The quantitative estimate of drug-likeness (QED) is 0.695. The molecule has 1 atom stereocenters. The highest BCUT2D eigenvalue weighted by molar-refractivity contribution is 7.08. The van der Waals surface area contributed by atoms with Gasteiger partial charge in [-0.15, -0.1) is 0 Å². The predicted octanol–water partition coefficient (Wildman–Crippen LogP) is 1.37. The Morgan fingerprint density at radius 2 is 2.33 bits per heavy atom. The molecule has 0 fully saturated rings. The molecule has 12 heavy (non-hydrogen) atoms. The summed E-state index contributed by atoms with van der Waals surface area (Å²) in [6, 6.07) is 5.15. The highest BCUT2D eigenvalue weighted by Gasteiger charge is 2.29. The van der Waals surface area contributed by atoms with Gasteiger partial charge in [-0.05, 0) is 16.8 Å². The molecule has 0 aromatic carbocycles. The summed E-state index contributed by atoms with van der Waals surface area (Å²) in [5.41, 5.74) is -1.13. The first-order chi connectivity index (χ1) is 5.73. The molecular weight excluding hydrogens is 172 g/mol. The van der Waals surface area contributed by atoms with Crippen LogP contribution in [0.25, 0.3) is 0 Å². The summed E-state index contributed by atoms with van der Waals surface area (Å²) in [4.78, 5) is 0. The summed E-state index contributed by atoms with van der Waals surface area (Å²) >= 11 is 1.39. The first kappa shape index (κ1) is 8.73. The van der Waals surface area contributed by atoms with Gasteiger partial charge in [-0.25, -0.2) is 0 Å². The van der Waals surface area contributed by atoms with E-state index in [4.69, 9.17) is 10.5 Å². The molecule has 0 bridgehead atoms. The van der Waals surface area contributed by atoms with Gasteiger partial charge in [0.2, 0.25) is 0 Å². The highest BCUT2D eigenvalue weighted by Crippen LogP contribution is 2.25. The van der Waals surface area contributed by atoms with Crippen molar-refractivity contribution >= 4 is 11.3 Å². The van der Waals surface area contributed by atoms with Gasteiger partial charge in [0.25, 0.3) is 0 Å². The van der Waals surface area contributed by atoms with Crippen molar-refractivity contribution in [2.75, 3.05) is 0 Å². The smallest absolute Gasteiger partial charge is 0.190 e. The molecule has 0 saturated carbocycles. The van der Waals surface area contributed by atoms with Gasteiger partial charge in [0.05, 0.1) is 12.5 Å². The Morgan fingerprint density at radius 1 is 1.58 bits per heavy atom. The van der Waals surface area contributed by atoms with Gasteiger partial charge in [0.1, 0.15) is 6.07 Å². The number of hydrogen-bond donors (Lipinski definition) is 1. The molecule has 0 aliphatic heterocycles. The molecule has 3 nitrogen and oxygen atoms in total. The van der Waals surface area contributed by atoms with Crippen LogP contribution in [0.2, 0.25) is 0 Å². The van der Waals surface area contributed by atoms with E-state index in [1.54, 1.807) is 29.0 Å². The molecule has 1 aromatic heterocycles. The van der Waals surface area contributed by atoms with Crippen molar-refractivity contribution in [3.63, 3.8) is 0 Å². The first-order valence-electron chi connectivity index (χ1n) is 3.26. The summed E-state index contributed by atoms with van der Waals surface area (Å²) < 4.78 is 0. The Balaban J connectivity index is 2.99. The lowest BCUT2D eigenvalue weighted by Gasteiger charge is -2.13. The molecule has 0 aliphatic rings. The fourth-order valence-corrected chi connectivity index (χ4v) is 1.54. The van der Waals surface area contributed by atoms with E-state index in [1.807, 2.05) is 0 Å². The molecule has 1 rings (SSSR count). The summed E-state index contributed by atoms with van der Waals surface area (Å²) in [5, 5.41) is 30.0. The monoisotopic (exact) mass is 178 g/mol. The average molecular weight is 178 g/mol. The normalized spacial score (nSPS) is 14.2. The number of nitriles is 2.